The highest BCUT2D eigenvalue weighted by atomic mass is 16.6. The van der Waals surface area contributed by atoms with E-state index in [-0.39, 0.29) is 6.10 Å². The maximum atomic E-state index is 10.7. The highest BCUT2D eigenvalue weighted by Crippen LogP contribution is 2.55. The van der Waals surface area contributed by atoms with Crippen molar-refractivity contribution in [1.82, 2.24) is 5.32 Å². The van der Waals surface area contributed by atoms with Gasteiger partial charge in [0.2, 0.25) is 0 Å². The van der Waals surface area contributed by atoms with Crippen LogP contribution in [0.2, 0.25) is 0 Å². The Morgan fingerprint density at radius 3 is 2.67 bits per heavy atom. The molecule has 0 aromatic carbocycles. The smallest absolute Gasteiger partial charge is 0.404 e. The Hall–Kier alpha value is -0.770. The summed E-state index contributed by atoms with van der Waals surface area (Å²) >= 11 is 0. The van der Waals surface area contributed by atoms with Gasteiger partial charge in [0, 0.05) is 6.04 Å². The number of amides is 1. The summed E-state index contributed by atoms with van der Waals surface area (Å²) in [7, 11) is 0. The number of hydrogen-bond acceptors (Lipinski definition) is 3. The van der Waals surface area contributed by atoms with Crippen LogP contribution in [0.3, 0.4) is 0 Å². The maximum Gasteiger partial charge on any atom is 0.404 e. The molecule has 1 amide bonds. The Labute approximate surface area is 110 Å². The average Bonchev–Trinajstić information content (AvgIpc) is 2.32. The summed E-state index contributed by atoms with van der Waals surface area (Å²) < 4.78 is 5.07. The second-order valence-electron chi connectivity index (χ2n) is 5.84. The number of primary amides is 1. The van der Waals surface area contributed by atoms with Crippen LogP contribution in [0.1, 0.15) is 46.0 Å². The molecule has 0 aromatic rings. The van der Waals surface area contributed by atoms with Gasteiger partial charge in [-0.25, -0.2) is 4.79 Å². The van der Waals surface area contributed by atoms with E-state index in [4.69, 9.17) is 10.5 Å². The van der Waals surface area contributed by atoms with Gasteiger partial charge < -0.3 is 15.8 Å². The molecule has 0 saturated heterocycles. The zero-order valence-electron chi connectivity index (χ0n) is 11.5. The number of fused-ring (bicyclic) bond motifs is 1. The summed E-state index contributed by atoms with van der Waals surface area (Å²) in [5.41, 5.74) is 5.05. The summed E-state index contributed by atoms with van der Waals surface area (Å²) in [4.78, 5) is 10.7. The molecule has 4 nitrogen and oxygen atoms in total. The van der Waals surface area contributed by atoms with Crippen LogP contribution in [-0.2, 0) is 4.74 Å². The maximum absolute atomic E-state index is 10.7. The fourth-order valence-corrected chi connectivity index (χ4v) is 3.53. The van der Waals surface area contributed by atoms with Crippen molar-refractivity contribution in [1.29, 1.82) is 0 Å². The molecule has 3 N–H and O–H groups in total. The zero-order valence-corrected chi connectivity index (χ0v) is 11.5. The first-order valence-electron chi connectivity index (χ1n) is 7.35. The summed E-state index contributed by atoms with van der Waals surface area (Å²) in [5.74, 6) is 2.14. The SMILES string of the molecule is CCCC(CC)NC[C@H]1CC2C(OC(N)=O)CC21. The van der Waals surface area contributed by atoms with Gasteiger partial charge in [0.25, 0.3) is 0 Å². The van der Waals surface area contributed by atoms with Crippen LogP contribution in [-0.4, -0.2) is 24.8 Å². The molecule has 0 aliphatic heterocycles. The number of ether oxygens (including phenoxy) is 1. The van der Waals surface area contributed by atoms with Gasteiger partial charge in [0.05, 0.1) is 0 Å². The summed E-state index contributed by atoms with van der Waals surface area (Å²) in [6, 6.07) is 0.673. The molecule has 2 fully saturated rings. The first-order chi connectivity index (χ1) is 8.65. The van der Waals surface area contributed by atoms with Crippen molar-refractivity contribution in [2.24, 2.45) is 23.5 Å². The minimum atomic E-state index is -0.617. The van der Waals surface area contributed by atoms with Gasteiger partial charge in [0.15, 0.2) is 0 Å². The molecule has 4 heteroatoms. The first kappa shape index (κ1) is 13.7. The molecule has 2 aliphatic rings. The third kappa shape index (κ3) is 2.79. The van der Waals surface area contributed by atoms with E-state index < -0.39 is 6.09 Å². The van der Waals surface area contributed by atoms with E-state index in [1.165, 1.54) is 25.7 Å². The molecule has 2 rings (SSSR count). The van der Waals surface area contributed by atoms with E-state index in [0.717, 1.165) is 24.8 Å². The molecule has 0 bridgehead atoms. The van der Waals surface area contributed by atoms with Gasteiger partial charge in [-0.05, 0) is 50.0 Å². The average molecular weight is 254 g/mol. The lowest BCUT2D eigenvalue weighted by Gasteiger charge is -2.57. The number of nitrogens with two attached hydrogens (primary N) is 1. The number of nitrogens with one attached hydrogen (secondary N) is 1. The van der Waals surface area contributed by atoms with Crippen LogP contribution in [0.4, 0.5) is 4.79 Å². The lowest BCUT2D eigenvalue weighted by atomic mass is 9.51. The molecule has 0 aromatic heterocycles. The highest BCUT2D eigenvalue weighted by Gasteiger charge is 2.55. The standard InChI is InChI=1S/C14H26N2O2/c1-3-5-10(4-2)16-8-9-6-12-11(9)7-13(12)18-14(15)17/h9-13,16H,3-8H2,1-2H3,(H2,15,17)/t9-,10?,11?,12?,13?/m1/s1. The van der Waals surface area contributed by atoms with Gasteiger partial charge in [0.1, 0.15) is 6.10 Å². The largest absolute Gasteiger partial charge is 0.446 e. The van der Waals surface area contributed by atoms with Crippen molar-refractivity contribution >= 4 is 6.09 Å². The van der Waals surface area contributed by atoms with Crippen LogP contribution in [0.15, 0.2) is 0 Å². The molecule has 18 heavy (non-hydrogen) atoms. The zero-order chi connectivity index (χ0) is 13.1. The van der Waals surface area contributed by atoms with E-state index in [1.807, 2.05) is 0 Å². The van der Waals surface area contributed by atoms with Crippen molar-refractivity contribution in [3.05, 3.63) is 0 Å². The Morgan fingerprint density at radius 2 is 2.17 bits per heavy atom. The van der Waals surface area contributed by atoms with Gasteiger partial charge in [-0.15, -0.1) is 0 Å². The normalized spacial score (nSPS) is 35.0. The van der Waals surface area contributed by atoms with Crippen LogP contribution < -0.4 is 11.1 Å². The van der Waals surface area contributed by atoms with Crippen molar-refractivity contribution in [3.8, 4) is 0 Å². The van der Waals surface area contributed by atoms with Crippen LogP contribution in [0.5, 0.6) is 0 Å². The summed E-state index contributed by atoms with van der Waals surface area (Å²) in [6.07, 6.45) is 5.43. The van der Waals surface area contributed by atoms with Gasteiger partial charge in [-0.3, -0.25) is 0 Å². The molecule has 0 heterocycles. The fraction of sp³-hybridized carbons (Fsp3) is 0.929. The second kappa shape index (κ2) is 5.91. The number of carbonyl (C=O) groups is 1. The monoisotopic (exact) mass is 254 g/mol. The molecule has 2 saturated carbocycles. The number of rotatable bonds is 7. The third-order valence-electron chi connectivity index (χ3n) is 4.78. The van der Waals surface area contributed by atoms with Crippen molar-refractivity contribution in [3.63, 3.8) is 0 Å². The lowest BCUT2D eigenvalue weighted by Crippen LogP contribution is -2.59. The Morgan fingerprint density at radius 1 is 1.39 bits per heavy atom. The summed E-state index contributed by atoms with van der Waals surface area (Å²) in [5, 5.41) is 3.68. The highest BCUT2D eigenvalue weighted by molar-refractivity contribution is 5.65. The predicted molar refractivity (Wildman–Crippen MR) is 71.2 cm³/mol. The van der Waals surface area contributed by atoms with E-state index in [9.17, 15) is 4.79 Å². The Balaban J connectivity index is 1.63. The van der Waals surface area contributed by atoms with E-state index in [2.05, 4.69) is 19.2 Å². The molecule has 0 radical (unpaired) electrons. The quantitative estimate of drug-likeness (QED) is 0.732. The molecular weight excluding hydrogens is 228 g/mol. The van der Waals surface area contributed by atoms with E-state index in [1.54, 1.807) is 0 Å². The van der Waals surface area contributed by atoms with Crippen molar-refractivity contribution in [2.75, 3.05) is 6.54 Å². The number of hydrogen-bond donors (Lipinski definition) is 2. The molecule has 4 unspecified atom stereocenters. The second-order valence-corrected chi connectivity index (χ2v) is 5.84. The van der Waals surface area contributed by atoms with Gasteiger partial charge >= 0.3 is 6.09 Å². The Kier molecular flexibility index (Phi) is 4.49. The molecule has 5 atom stereocenters. The molecule has 2 aliphatic carbocycles. The topological polar surface area (TPSA) is 64.3 Å². The molecule has 0 spiro atoms. The minimum absolute atomic E-state index is 0.112. The predicted octanol–water partition coefficient (Wildman–Crippen LogP) is 2.27. The van der Waals surface area contributed by atoms with Crippen LogP contribution in [0, 0.1) is 17.8 Å². The van der Waals surface area contributed by atoms with E-state index >= 15 is 0 Å². The first-order valence-corrected chi connectivity index (χ1v) is 7.35. The Bertz CT molecular complexity index is 296. The lowest BCUT2D eigenvalue weighted by molar-refractivity contribution is -0.138. The molecular formula is C14H26N2O2. The minimum Gasteiger partial charge on any atom is -0.446 e. The molecule has 104 valence electrons. The third-order valence-corrected chi connectivity index (χ3v) is 4.78. The summed E-state index contributed by atoms with van der Waals surface area (Å²) in [6.45, 7) is 5.61. The van der Waals surface area contributed by atoms with Gasteiger partial charge in [-0.1, -0.05) is 20.3 Å². The van der Waals surface area contributed by atoms with Crippen LogP contribution in [0.25, 0.3) is 0 Å². The van der Waals surface area contributed by atoms with Crippen molar-refractivity contribution < 1.29 is 9.53 Å². The van der Waals surface area contributed by atoms with Gasteiger partial charge in [-0.2, -0.15) is 0 Å². The fourth-order valence-electron chi connectivity index (χ4n) is 3.53. The number of carbonyl (C=O) groups excluding carboxylic acids is 1. The van der Waals surface area contributed by atoms with E-state index in [0.29, 0.717) is 12.0 Å². The van der Waals surface area contributed by atoms with Crippen LogP contribution >= 0.6 is 0 Å². The van der Waals surface area contributed by atoms with Crippen molar-refractivity contribution in [2.45, 2.75) is 58.1 Å².